The van der Waals surface area contributed by atoms with Crippen LogP contribution in [-0.4, -0.2) is 26.3 Å². The highest BCUT2D eigenvalue weighted by Crippen LogP contribution is 2.26. The van der Waals surface area contributed by atoms with Crippen molar-refractivity contribution in [2.45, 2.75) is 24.3 Å². The van der Waals surface area contributed by atoms with Crippen LogP contribution in [0.2, 0.25) is 0 Å². The van der Waals surface area contributed by atoms with Gasteiger partial charge in [-0.25, -0.2) is 0 Å². The number of nitrogens with one attached hydrogen (secondary N) is 1. The maximum Gasteiger partial charge on any atom is 0.277 e. The molecule has 0 bridgehead atoms. The van der Waals surface area contributed by atoms with Crippen LogP contribution in [0, 0.1) is 0 Å². The van der Waals surface area contributed by atoms with Gasteiger partial charge in [-0.1, -0.05) is 25.6 Å². The molecule has 1 aromatic carbocycles. The summed E-state index contributed by atoms with van der Waals surface area (Å²) < 4.78 is 5.62. The highest BCUT2D eigenvalue weighted by molar-refractivity contribution is 7.99. The minimum absolute atomic E-state index is 0.204. The second kappa shape index (κ2) is 7.27. The molecule has 6 nitrogen and oxygen atoms in total. The Morgan fingerprint density at radius 1 is 1.17 bits per heavy atom. The van der Waals surface area contributed by atoms with E-state index >= 15 is 0 Å². The third kappa shape index (κ3) is 3.99. The number of pyridine rings is 1. The van der Waals surface area contributed by atoms with Gasteiger partial charge >= 0.3 is 0 Å². The van der Waals surface area contributed by atoms with Gasteiger partial charge in [0.1, 0.15) is 0 Å². The number of thioether (sulfide) groups is 1. The van der Waals surface area contributed by atoms with Crippen LogP contribution in [0.25, 0.3) is 11.5 Å². The molecule has 7 heteroatoms. The van der Waals surface area contributed by atoms with Crippen molar-refractivity contribution in [1.82, 2.24) is 15.2 Å². The number of hydrogen-bond acceptors (Lipinski definition) is 6. The van der Waals surface area contributed by atoms with E-state index in [0.717, 1.165) is 5.56 Å². The molecule has 0 aliphatic rings. The van der Waals surface area contributed by atoms with Crippen molar-refractivity contribution < 1.29 is 9.21 Å². The predicted molar refractivity (Wildman–Crippen MR) is 92.9 cm³/mol. The summed E-state index contributed by atoms with van der Waals surface area (Å²) in [5, 5.41) is 11.8. The third-order valence-corrected chi connectivity index (χ3v) is 3.89. The zero-order valence-corrected chi connectivity index (χ0v) is 14.1. The number of carbonyl (C=O) groups excluding carboxylic acids is 1. The highest BCUT2D eigenvalue weighted by atomic mass is 32.2. The van der Waals surface area contributed by atoms with Crippen LogP contribution >= 0.6 is 11.8 Å². The van der Waals surface area contributed by atoms with Gasteiger partial charge in [-0.05, 0) is 36.4 Å². The summed E-state index contributed by atoms with van der Waals surface area (Å²) in [6.45, 7) is 4.13. The zero-order chi connectivity index (χ0) is 16.9. The lowest BCUT2D eigenvalue weighted by Gasteiger charge is -2.05. The number of nitrogens with zero attached hydrogens (tertiary/aromatic N) is 3. The van der Waals surface area contributed by atoms with E-state index < -0.39 is 0 Å². The Morgan fingerprint density at radius 3 is 2.62 bits per heavy atom. The van der Waals surface area contributed by atoms with E-state index in [0.29, 0.717) is 27.6 Å². The third-order valence-electron chi connectivity index (χ3n) is 3.06. The number of carbonyl (C=O) groups is 1. The van der Waals surface area contributed by atoms with E-state index in [9.17, 15) is 4.79 Å². The van der Waals surface area contributed by atoms with Gasteiger partial charge in [-0.2, -0.15) is 0 Å². The zero-order valence-electron chi connectivity index (χ0n) is 13.3. The average Bonchev–Trinajstić information content (AvgIpc) is 3.04. The van der Waals surface area contributed by atoms with Crippen LogP contribution in [0.4, 0.5) is 5.69 Å². The van der Waals surface area contributed by atoms with Crippen LogP contribution in [0.3, 0.4) is 0 Å². The smallest absolute Gasteiger partial charge is 0.277 e. The Labute approximate surface area is 143 Å². The van der Waals surface area contributed by atoms with Gasteiger partial charge in [0.15, 0.2) is 0 Å². The van der Waals surface area contributed by atoms with Gasteiger partial charge in [-0.3, -0.25) is 9.78 Å². The first kappa shape index (κ1) is 16.2. The number of aromatic nitrogens is 3. The molecular weight excluding hydrogens is 324 g/mol. The van der Waals surface area contributed by atoms with E-state index in [1.165, 1.54) is 18.0 Å². The van der Waals surface area contributed by atoms with Crippen LogP contribution in [0.15, 0.2) is 58.4 Å². The average molecular weight is 340 g/mol. The van der Waals surface area contributed by atoms with Gasteiger partial charge in [0, 0.05) is 28.9 Å². The van der Waals surface area contributed by atoms with Crippen molar-refractivity contribution in [2.75, 3.05) is 5.32 Å². The van der Waals surface area contributed by atoms with E-state index in [4.69, 9.17) is 4.42 Å². The normalized spacial score (nSPS) is 10.8. The molecule has 0 spiro atoms. The molecule has 2 heterocycles. The van der Waals surface area contributed by atoms with Crippen molar-refractivity contribution in [3.8, 4) is 11.5 Å². The first-order chi connectivity index (χ1) is 11.6. The molecule has 122 valence electrons. The summed E-state index contributed by atoms with van der Waals surface area (Å²) in [7, 11) is 0. The predicted octanol–water partition coefficient (Wildman–Crippen LogP) is 3.88. The summed E-state index contributed by atoms with van der Waals surface area (Å²) in [6.07, 6.45) is 3.15. The van der Waals surface area contributed by atoms with Crippen LogP contribution in [0.5, 0.6) is 0 Å². The summed E-state index contributed by atoms with van der Waals surface area (Å²) in [6, 6.07) is 10.7. The molecule has 0 unspecified atom stereocenters. The van der Waals surface area contributed by atoms with Crippen molar-refractivity contribution in [3.63, 3.8) is 0 Å². The van der Waals surface area contributed by atoms with E-state index in [1.807, 2.05) is 12.1 Å². The Hall–Kier alpha value is -2.67. The Morgan fingerprint density at radius 2 is 1.96 bits per heavy atom. The first-order valence-electron chi connectivity index (χ1n) is 7.44. The first-order valence-corrected chi connectivity index (χ1v) is 8.32. The fraction of sp³-hybridized carbons (Fsp3) is 0.176. The maximum atomic E-state index is 12.1. The molecule has 3 aromatic rings. The SMILES string of the molecule is CC(C)Sc1nnc(-c2ccc(NC(=O)c3cccnc3)cc2)o1. The van der Waals surface area contributed by atoms with E-state index in [1.54, 1.807) is 30.5 Å². The van der Waals surface area contributed by atoms with Gasteiger partial charge in [0.25, 0.3) is 11.1 Å². The fourth-order valence-corrected chi connectivity index (χ4v) is 2.59. The van der Waals surface area contributed by atoms with Crippen molar-refractivity contribution in [3.05, 3.63) is 54.4 Å². The second-order valence-electron chi connectivity index (χ2n) is 5.31. The molecule has 0 atom stereocenters. The number of anilines is 1. The van der Waals surface area contributed by atoms with Gasteiger partial charge in [0.05, 0.1) is 5.56 Å². The largest absolute Gasteiger partial charge is 0.411 e. The number of hydrogen-bond donors (Lipinski definition) is 1. The number of rotatable bonds is 5. The Kier molecular flexibility index (Phi) is 4.90. The monoisotopic (exact) mass is 340 g/mol. The topological polar surface area (TPSA) is 80.9 Å². The quantitative estimate of drug-likeness (QED) is 0.710. The molecule has 2 aromatic heterocycles. The summed E-state index contributed by atoms with van der Waals surface area (Å²) in [5.41, 5.74) is 2.00. The van der Waals surface area contributed by atoms with Gasteiger partial charge < -0.3 is 9.73 Å². The molecule has 0 aliphatic carbocycles. The molecule has 3 rings (SSSR count). The van der Waals surface area contributed by atoms with Crippen LogP contribution in [-0.2, 0) is 0 Å². The fourth-order valence-electron chi connectivity index (χ4n) is 1.97. The summed E-state index contributed by atoms with van der Waals surface area (Å²) in [5.74, 6) is 0.257. The molecular formula is C17H16N4O2S. The Balaban J connectivity index is 1.69. The molecule has 0 radical (unpaired) electrons. The van der Waals surface area contributed by atoms with E-state index in [2.05, 4.69) is 34.3 Å². The van der Waals surface area contributed by atoms with Crippen molar-refractivity contribution >= 4 is 23.4 Å². The van der Waals surface area contributed by atoms with Crippen molar-refractivity contribution in [2.24, 2.45) is 0 Å². The Bertz CT molecular complexity index is 816. The molecule has 0 saturated heterocycles. The lowest BCUT2D eigenvalue weighted by atomic mass is 10.2. The summed E-state index contributed by atoms with van der Waals surface area (Å²) in [4.78, 5) is 16.0. The second-order valence-corrected chi connectivity index (χ2v) is 6.84. The molecule has 0 saturated carbocycles. The molecule has 1 N–H and O–H groups in total. The minimum Gasteiger partial charge on any atom is -0.411 e. The molecule has 0 fully saturated rings. The van der Waals surface area contributed by atoms with Crippen LogP contribution < -0.4 is 5.32 Å². The van der Waals surface area contributed by atoms with Crippen LogP contribution in [0.1, 0.15) is 24.2 Å². The van der Waals surface area contributed by atoms with Crippen molar-refractivity contribution in [1.29, 1.82) is 0 Å². The van der Waals surface area contributed by atoms with E-state index in [-0.39, 0.29) is 5.91 Å². The maximum absolute atomic E-state index is 12.1. The van der Waals surface area contributed by atoms with Gasteiger partial charge in [0.2, 0.25) is 5.89 Å². The number of amides is 1. The molecule has 0 aliphatic heterocycles. The lowest BCUT2D eigenvalue weighted by Crippen LogP contribution is -2.11. The van der Waals surface area contributed by atoms with Gasteiger partial charge in [-0.15, -0.1) is 10.2 Å². The molecule has 1 amide bonds. The standard InChI is InChI=1S/C17H16N4O2S/c1-11(2)24-17-21-20-16(23-17)12-5-7-14(8-6-12)19-15(22)13-4-3-9-18-10-13/h3-11H,1-2H3,(H,19,22). The minimum atomic E-state index is -0.204. The lowest BCUT2D eigenvalue weighted by molar-refractivity contribution is 0.102. The summed E-state index contributed by atoms with van der Waals surface area (Å²) >= 11 is 1.52. The molecule has 24 heavy (non-hydrogen) atoms. The number of benzene rings is 1. The highest BCUT2D eigenvalue weighted by Gasteiger charge is 2.11.